The van der Waals surface area contributed by atoms with E-state index in [0.717, 1.165) is 29.8 Å². The van der Waals surface area contributed by atoms with Gasteiger partial charge in [-0.05, 0) is 48.6 Å². The first-order valence-corrected chi connectivity index (χ1v) is 11.8. The van der Waals surface area contributed by atoms with Gasteiger partial charge < -0.3 is 10.2 Å². The molecule has 0 bridgehead atoms. The van der Waals surface area contributed by atoms with E-state index >= 15 is 0 Å². The van der Waals surface area contributed by atoms with Crippen molar-refractivity contribution in [1.82, 2.24) is 14.5 Å². The smallest absolute Gasteiger partial charge is 0.243 e. The molecule has 3 rings (SSSR count). The quantitative estimate of drug-likeness (QED) is 0.734. The summed E-state index contributed by atoms with van der Waals surface area (Å²) < 4.78 is 28.4. The Labute approximate surface area is 179 Å². The maximum Gasteiger partial charge on any atom is 0.243 e. The number of hydrogen-bond acceptors (Lipinski definition) is 4. The molecule has 1 fully saturated rings. The van der Waals surface area contributed by atoms with Gasteiger partial charge in [0.15, 0.2) is 0 Å². The summed E-state index contributed by atoms with van der Waals surface area (Å²) in [6, 6.07) is 15.0. The van der Waals surface area contributed by atoms with E-state index in [1.54, 1.807) is 17.0 Å². The highest BCUT2D eigenvalue weighted by molar-refractivity contribution is 7.89. The Morgan fingerprint density at radius 3 is 2.37 bits per heavy atom. The van der Waals surface area contributed by atoms with Gasteiger partial charge in [0.1, 0.15) is 0 Å². The Hall–Kier alpha value is -2.22. The summed E-state index contributed by atoms with van der Waals surface area (Å²) in [7, 11) is -3.81. The minimum atomic E-state index is -3.81. The number of hydrogen-bond donors (Lipinski definition) is 1. The van der Waals surface area contributed by atoms with Crippen LogP contribution in [-0.2, 0) is 14.8 Å². The number of sulfonamides is 1. The molecule has 1 N–H and O–H groups in total. The topological polar surface area (TPSA) is 69.7 Å². The first kappa shape index (κ1) is 22.5. The van der Waals surface area contributed by atoms with Crippen molar-refractivity contribution in [2.45, 2.75) is 31.6 Å². The van der Waals surface area contributed by atoms with Crippen molar-refractivity contribution in [3.05, 3.63) is 65.2 Å². The molecule has 2 aromatic rings. The third-order valence-corrected chi connectivity index (χ3v) is 7.55. The van der Waals surface area contributed by atoms with Crippen molar-refractivity contribution >= 4 is 15.9 Å². The van der Waals surface area contributed by atoms with Crippen LogP contribution in [0.25, 0.3) is 0 Å². The Balaban J connectivity index is 1.89. The highest BCUT2D eigenvalue weighted by Gasteiger charge is 2.30. The third-order valence-electron chi connectivity index (χ3n) is 5.74. The monoisotopic (exact) mass is 429 g/mol. The van der Waals surface area contributed by atoms with Crippen molar-refractivity contribution in [2.75, 3.05) is 39.3 Å². The Kier molecular flexibility index (Phi) is 7.28. The van der Waals surface area contributed by atoms with Gasteiger partial charge in [-0.3, -0.25) is 4.79 Å². The molecule has 7 heteroatoms. The van der Waals surface area contributed by atoms with Crippen molar-refractivity contribution in [3.63, 3.8) is 0 Å². The van der Waals surface area contributed by atoms with Gasteiger partial charge in [-0.25, -0.2) is 8.42 Å². The van der Waals surface area contributed by atoms with Crippen LogP contribution in [0.4, 0.5) is 0 Å². The maximum atomic E-state index is 13.5. The number of carbonyl (C=O) groups is 1. The molecule has 1 saturated heterocycles. The zero-order valence-corrected chi connectivity index (χ0v) is 18.8. The summed E-state index contributed by atoms with van der Waals surface area (Å²) in [6.07, 6.45) is 0. The summed E-state index contributed by atoms with van der Waals surface area (Å²) in [5.74, 6) is -0.187. The van der Waals surface area contributed by atoms with Gasteiger partial charge in [-0.2, -0.15) is 4.31 Å². The lowest BCUT2D eigenvalue weighted by Gasteiger charge is -2.31. The highest BCUT2D eigenvalue weighted by Crippen LogP contribution is 2.23. The Bertz CT molecular complexity index is 970. The molecule has 1 amide bonds. The SMILES string of the molecule is Cc1ccc(S(=O)(=O)N(CC(=O)N2CCNCC2)CC(C)c2ccccc2)cc1C. The lowest BCUT2D eigenvalue weighted by Crippen LogP contribution is -2.50. The number of rotatable bonds is 7. The predicted octanol–water partition coefficient (Wildman–Crippen LogP) is 2.53. The molecule has 162 valence electrons. The third kappa shape index (κ3) is 5.28. The van der Waals surface area contributed by atoms with Crippen LogP contribution in [0.5, 0.6) is 0 Å². The molecule has 0 aliphatic carbocycles. The second-order valence-electron chi connectivity index (χ2n) is 7.99. The summed E-state index contributed by atoms with van der Waals surface area (Å²) in [4.78, 5) is 14.9. The van der Waals surface area contributed by atoms with Gasteiger partial charge in [-0.1, -0.05) is 43.3 Å². The Morgan fingerprint density at radius 2 is 1.73 bits per heavy atom. The van der Waals surface area contributed by atoms with Crippen molar-refractivity contribution in [1.29, 1.82) is 0 Å². The number of carbonyl (C=O) groups excluding carboxylic acids is 1. The molecule has 6 nitrogen and oxygen atoms in total. The molecular formula is C23H31N3O3S. The molecule has 1 heterocycles. The molecule has 1 aliphatic rings. The van der Waals surface area contributed by atoms with Crippen LogP contribution >= 0.6 is 0 Å². The lowest BCUT2D eigenvalue weighted by molar-refractivity contribution is -0.132. The molecule has 30 heavy (non-hydrogen) atoms. The molecule has 0 aromatic heterocycles. The Morgan fingerprint density at radius 1 is 1.07 bits per heavy atom. The van der Waals surface area contributed by atoms with Crippen LogP contribution < -0.4 is 5.32 Å². The molecule has 2 aromatic carbocycles. The fourth-order valence-corrected chi connectivity index (χ4v) is 5.19. The average Bonchev–Trinajstić information content (AvgIpc) is 2.76. The van der Waals surface area contributed by atoms with E-state index in [9.17, 15) is 13.2 Å². The predicted molar refractivity (Wildman–Crippen MR) is 119 cm³/mol. The van der Waals surface area contributed by atoms with Gasteiger partial charge in [0.25, 0.3) is 0 Å². The molecule has 1 unspecified atom stereocenters. The minimum Gasteiger partial charge on any atom is -0.339 e. The number of piperazine rings is 1. The average molecular weight is 430 g/mol. The van der Waals surface area contributed by atoms with Crippen molar-refractivity contribution in [3.8, 4) is 0 Å². The van der Waals surface area contributed by atoms with Crippen LogP contribution in [0.2, 0.25) is 0 Å². The van der Waals surface area contributed by atoms with E-state index in [0.29, 0.717) is 13.1 Å². The van der Waals surface area contributed by atoms with E-state index < -0.39 is 10.0 Å². The second-order valence-corrected chi connectivity index (χ2v) is 9.92. The van der Waals surface area contributed by atoms with Gasteiger partial charge in [-0.15, -0.1) is 0 Å². The first-order valence-electron chi connectivity index (χ1n) is 10.4. The van der Waals surface area contributed by atoms with E-state index in [4.69, 9.17) is 0 Å². The summed E-state index contributed by atoms with van der Waals surface area (Å²) in [6.45, 7) is 8.62. The fourth-order valence-electron chi connectivity index (χ4n) is 3.63. The van der Waals surface area contributed by atoms with Crippen LogP contribution in [0, 0.1) is 13.8 Å². The van der Waals surface area contributed by atoms with Crippen LogP contribution in [-0.4, -0.2) is 62.8 Å². The molecular weight excluding hydrogens is 398 g/mol. The van der Waals surface area contributed by atoms with E-state index in [1.165, 1.54) is 4.31 Å². The highest BCUT2D eigenvalue weighted by atomic mass is 32.2. The molecule has 0 spiro atoms. The lowest BCUT2D eigenvalue weighted by atomic mass is 10.0. The van der Waals surface area contributed by atoms with E-state index in [2.05, 4.69) is 5.32 Å². The number of aryl methyl sites for hydroxylation is 2. The summed E-state index contributed by atoms with van der Waals surface area (Å²) >= 11 is 0. The van der Waals surface area contributed by atoms with E-state index in [-0.39, 0.29) is 29.8 Å². The number of amides is 1. The normalized spacial score (nSPS) is 15.9. The largest absolute Gasteiger partial charge is 0.339 e. The number of nitrogens with one attached hydrogen (secondary N) is 1. The fraction of sp³-hybridized carbons (Fsp3) is 0.435. The van der Waals surface area contributed by atoms with Gasteiger partial charge >= 0.3 is 0 Å². The molecule has 0 saturated carbocycles. The number of nitrogens with zero attached hydrogens (tertiary/aromatic N) is 2. The van der Waals surface area contributed by atoms with Crippen LogP contribution in [0.3, 0.4) is 0 Å². The number of benzene rings is 2. The maximum absolute atomic E-state index is 13.5. The minimum absolute atomic E-state index is 0.0386. The van der Waals surface area contributed by atoms with Crippen LogP contribution in [0.1, 0.15) is 29.5 Å². The van der Waals surface area contributed by atoms with Gasteiger partial charge in [0.05, 0.1) is 11.4 Å². The zero-order chi connectivity index (χ0) is 21.7. The molecule has 0 radical (unpaired) electrons. The first-order chi connectivity index (χ1) is 14.3. The zero-order valence-electron chi connectivity index (χ0n) is 18.0. The molecule has 1 aliphatic heterocycles. The summed E-state index contributed by atoms with van der Waals surface area (Å²) in [5, 5.41) is 3.22. The van der Waals surface area contributed by atoms with E-state index in [1.807, 2.05) is 57.2 Å². The van der Waals surface area contributed by atoms with Gasteiger partial charge in [0.2, 0.25) is 15.9 Å². The summed E-state index contributed by atoms with van der Waals surface area (Å²) in [5.41, 5.74) is 3.00. The van der Waals surface area contributed by atoms with Crippen molar-refractivity contribution in [2.24, 2.45) is 0 Å². The second kappa shape index (κ2) is 9.73. The molecule has 1 atom stereocenters. The van der Waals surface area contributed by atoms with Crippen LogP contribution in [0.15, 0.2) is 53.4 Å². The van der Waals surface area contributed by atoms with Crippen molar-refractivity contribution < 1.29 is 13.2 Å². The standard InChI is InChI=1S/C23H31N3O3S/c1-18-9-10-22(15-19(18)2)30(28,29)26(16-20(3)21-7-5-4-6-8-21)17-23(27)25-13-11-24-12-14-25/h4-10,15,20,24H,11-14,16-17H2,1-3H3. The van der Waals surface area contributed by atoms with Gasteiger partial charge in [0, 0.05) is 32.7 Å².